The fourth-order valence-electron chi connectivity index (χ4n) is 3.78. The molecule has 0 bridgehead atoms. The predicted octanol–water partition coefficient (Wildman–Crippen LogP) is 1.75. The largest absolute Gasteiger partial charge is 0.338 e. The van der Waals surface area contributed by atoms with Crippen LogP contribution in [0.25, 0.3) is 0 Å². The van der Waals surface area contributed by atoms with Crippen molar-refractivity contribution >= 4 is 26.0 Å². The van der Waals surface area contributed by atoms with Crippen LogP contribution in [0.2, 0.25) is 0 Å². The molecule has 1 fully saturated rings. The van der Waals surface area contributed by atoms with Crippen molar-refractivity contribution < 1.29 is 21.6 Å². The molecule has 34 heavy (non-hydrogen) atoms. The van der Waals surface area contributed by atoms with E-state index in [0.717, 1.165) is 16.5 Å². The van der Waals surface area contributed by atoms with Gasteiger partial charge in [-0.3, -0.25) is 9.78 Å². The van der Waals surface area contributed by atoms with Crippen molar-refractivity contribution in [2.45, 2.75) is 31.2 Å². The van der Waals surface area contributed by atoms with E-state index in [2.05, 4.69) is 16.3 Å². The number of nitrogens with one attached hydrogen (secondary N) is 1. The topological polar surface area (TPSA) is 117 Å². The lowest BCUT2D eigenvalue weighted by atomic mass is 10.1. The average molecular weight is 507 g/mol. The van der Waals surface area contributed by atoms with Gasteiger partial charge in [0.2, 0.25) is 26.0 Å². The number of benzene rings is 1. The molecule has 1 aromatic carbocycles. The fraction of sp³-hybridized carbons (Fsp3) is 0.391. The van der Waals surface area contributed by atoms with E-state index in [-0.39, 0.29) is 36.2 Å². The van der Waals surface area contributed by atoms with Crippen LogP contribution in [-0.4, -0.2) is 63.1 Å². The maximum atomic E-state index is 13.0. The Balaban J connectivity index is 1.59. The number of carbonyl (C=O) groups excluding carboxylic acids is 1. The standard InChI is InChI=1S/C23H30N4O5S2/c1-3-26(17-20-6-5-12-24-15-20)23(28)14-19-7-9-22(10-8-19)34(31,32)27-13-11-21(18-27)16-25-33(29,30)4-2/h4-10,12,15,21,25H,2-3,11,13-14,16-18H2,1H3. The van der Waals surface area contributed by atoms with Crippen LogP contribution in [0, 0.1) is 5.92 Å². The molecule has 9 nitrogen and oxygen atoms in total. The van der Waals surface area contributed by atoms with Gasteiger partial charge in [-0.2, -0.15) is 4.31 Å². The van der Waals surface area contributed by atoms with E-state index in [0.29, 0.717) is 26.1 Å². The van der Waals surface area contributed by atoms with Gasteiger partial charge in [-0.05, 0) is 48.6 Å². The van der Waals surface area contributed by atoms with Crippen LogP contribution in [0.1, 0.15) is 24.5 Å². The summed E-state index contributed by atoms with van der Waals surface area (Å²) < 4.78 is 52.9. The predicted molar refractivity (Wildman–Crippen MR) is 129 cm³/mol. The fourth-order valence-corrected chi connectivity index (χ4v) is 5.89. The summed E-state index contributed by atoms with van der Waals surface area (Å²) in [5.74, 6) is -0.160. The molecular formula is C23H30N4O5S2. The van der Waals surface area contributed by atoms with Crippen molar-refractivity contribution in [3.05, 3.63) is 71.9 Å². The summed E-state index contributed by atoms with van der Waals surface area (Å²) in [4.78, 5) is 18.7. The summed E-state index contributed by atoms with van der Waals surface area (Å²) in [6.45, 7) is 6.90. The van der Waals surface area contributed by atoms with Crippen molar-refractivity contribution in [3.8, 4) is 0 Å². The van der Waals surface area contributed by atoms with E-state index in [1.165, 1.54) is 16.4 Å². The third kappa shape index (κ3) is 6.72. The van der Waals surface area contributed by atoms with E-state index in [4.69, 9.17) is 0 Å². The molecule has 1 aliphatic rings. The molecule has 0 radical (unpaired) electrons. The van der Waals surface area contributed by atoms with Gasteiger partial charge < -0.3 is 4.90 Å². The average Bonchev–Trinajstić information content (AvgIpc) is 3.32. The number of sulfonamides is 2. The smallest absolute Gasteiger partial charge is 0.243 e. The first kappa shape index (κ1) is 26.0. The van der Waals surface area contributed by atoms with Gasteiger partial charge in [0, 0.05) is 50.5 Å². The molecule has 1 saturated heterocycles. The van der Waals surface area contributed by atoms with Crippen molar-refractivity contribution in [1.29, 1.82) is 0 Å². The molecule has 0 aliphatic carbocycles. The van der Waals surface area contributed by atoms with Crippen LogP contribution in [0.5, 0.6) is 0 Å². The van der Waals surface area contributed by atoms with Crippen molar-refractivity contribution in [2.75, 3.05) is 26.2 Å². The van der Waals surface area contributed by atoms with Gasteiger partial charge in [0.25, 0.3) is 0 Å². The van der Waals surface area contributed by atoms with Gasteiger partial charge in [0.05, 0.1) is 11.3 Å². The molecule has 3 rings (SSSR count). The third-order valence-corrected chi connectivity index (χ3v) is 8.68. The first-order chi connectivity index (χ1) is 16.1. The monoisotopic (exact) mass is 506 g/mol. The molecule has 0 spiro atoms. The number of nitrogens with zero attached hydrogens (tertiary/aromatic N) is 3. The number of carbonyl (C=O) groups is 1. The number of hydrogen-bond donors (Lipinski definition) is 1. The Morgan fingerprint density at radius 2 is 1.94 bits per heavy atom. The van der Waals surface area contributed by atoms with Crippen LogP contribution in [-0.2, 0) is 37.8 Å². The zero-order valence-corrected chi connectivity index (χ0v) is 20.8. The van der Waals surface area contributed by atoms with E-state index in [1.807, 2.05) is 19.1 Å². The Hall–Kier alpha value is -2.60. The highest BCUT2D eigenvalue weighted by molar-refractivity contribution is 7.92. The molecule has 2 aromatic rings. The normalized spacial score (nSPS) is 16.9. The molecule has 0 saturated carbocycles. The highest BCUT2D eigenvalue weighted by Crippen LogP contribution is 2.24. The maximum absolute atomic E-state index is 13.0. The molecule has 1 amide bonds. The lowest BCUT2D eigenvalue weighted by Crippen LogP contribution is -2.32. The maximum Gasteiger partial charge on any atom is 0.243 e. The third-order valence-electron chi connectivity index (χ3n) is 5.79. The Kier molecular flexibility index (Phi) is 8.58. The number of pyridine rings is 1. The summed E-state index contributed by atoms with van der Waals surface area (Å²) in [7, 11) is -7.25. The molecule has 184 valence electrons. The van der Waals surface area contributed by atoms with Crippen LogP contribution < -0.4 is 4.72 Å². The summed E-state index contributed by atoms with van der Waals surface area (Å²) in [6.07, 6.45) is 4.15. The quantitative estimate of drug-likeness (QED) is 0.496. The van der Waals surface area contributed by atoms with Gasteiger partial charge in [-0.15, -0.1) is 0 Å². The zero-order valence-electron chi connectivity index (χ0n) is 19.1. The SMILES string of the molecule is C=CS(=O)(=O)NCC1CCN(S(=O)(=O)c2ccc(CC(=O)N(CC)Cc3cccnc3)cc2)C1. The van der Waals surface area contributed by atoms with Crippen LogP contribution >= 0.6 is 0 Å². The lowest BCUT2D eigenvalue weighted by molar-refractivity contribution is -0.130. The second kappa shape index (κ2) is 11.2. The van der Waals surface area contributed by atoms with E-state index in [1.54, 1.807) is 29.4 Å². The van der Waals surface area contributed by atoms with Gasteiger partial charge >= 0.3 is 0 Å². The Morgan fingerprint density at radius 3 is 2.56 bits per heavy atom. The Bertz CT molecular complexity index is 1200. The van der Waals surface area contributed by atoms with Gasteiger partial charge in [0.1, 0.15) is 0 Å². The molecular weight excluding hydrogens is 476 g/mol. The summed E-state index contributed by atoms with van der Waals surface area (Å²) >= 11 is 0. The second-order valence-corrected chi connectivity index (χ2v) is 11.8. The molecule has 1 aliphatic heterocycles. The summed E-state index contributed by atoms with van der Waals surface area (Å²) in [5.41, 5.74) is 1.67. The molecule has 1 aromatic heterocycles. The van der Waals surface area contributed by atoms with Gasteiger partial charge in [0.15, 0.2) is 0 Å². The minimum Gasteiger partial charge on any atom is -0.338 e. The first-order valence-corrected chi connectivity index (χ1v) is 14.0. The lowest BCUT2D eigenvalue weighted by Gasteiger charge is -2.21. The molecule has 2 heterocycles. The Morgan fingerprint density at radius 1 is 1.21 bits per heavy atom. The van der Waals surface area contributed by atoms with E-state index in [9.17, 15) is 21.6 Å². The van der Waals surface area contributed by atoms with Gasteiger partial charge in [-0.1, -0.05) is 24.8 Å². The Labute approximate surface area is 201 Å². The van der Waals surface area contributed by atoms with Crippen molar-refractivity contribution in [3.63, 3.8) is 0 Å². The minimum absolute atomic E-state index is 0.0497. The number of aromatic nitrogens is 1. The number of hydrogen-bond acceptors (Lipinski definition) is 6. The molecule has 1 unspecified atom stereocenters. The highest BCUT2D eigenvalue weighted by atomic mass is 32.2. The zero-order chi connectivity index (χ0) is 24.8. The van der Waals surface area contributed by atoms with Crippen molar-refractivity contribution in [2.24, 2.45) is 5.92 Å². The van der Waals surface area contributed by atoms with Crippen LogP contribution in [0.15, 0.2) is 65.7 Å². The molecule has 11 heteroatoms. The van der Waals surface area contributed by atoms with E-state index >= 15 is 0 Å². The number of rotatable bonds is 11. The van der Waals surface area contributed by atoms with Crippen LogP contribution in [0.4, 0.5) is 0 Å². The highest BCUT2D eigenvalue weighted by Gasteiger charge is 2.32. The molecule has 1 N–H and O–H groups in total. The second-order valence-electron chi connectivity index (χ2n) is 8.17. The van der Waals surface area contributed by atoms with Crippen molar-refractivity contribution in [1.82, 2.24) is 18.9 Å². The van der Waals surface area contributed by atoms with Crippen LogP contribution in [0.3, 0.4) is 0 Å². The van der Waals surface area contributed by atoms with E-state index < -0.39 is 20.0 Å². The van der Waals surface area contributed by atoms with Gasteiger partial charge in [-0.25, -0.2) is 21.6 Å². The number of amides is 1. The minimum atomic E-state index is -3.70. The first-order valence-electron chi connectivity index (χ1n) is 11.0. The number of likely N-dealkylation sites (N-methyl/N-ethyl adjacent to an activating group) is 1. The summed E-state index contributed by atoms with van der Waals surface area (Å²) in [5, 5.41) is 0.835. The molecule has 1 atom stereocenters. The summed E-state index contributed by atoms with van der Waals surface area (Å²) in [6, 6.07) is 10.1.